The lowest BCUT2D eigenvalue weighted by molar-refractivity contribution is 0.0691. The summed E-state index contributed by atoms with van der Waals surface area (Å²) in [5.74, 6) is 1.15. The van der Waals surface area contributed by atoms with Gasteiger partial charge in [0.25, 0.3) is 5.91 Å². The zero-order valence-corrected chi connectivity index (χ0v) is 13.0. The molecule has 1 heterocycles. The van der Waals surface area contributed by atoms with Gasteiger partial charge in [-0.3, -0.25) is 4.79 Å². The number of carbonyl (C=O) groups excluding carboxylic acids is 1. The molecule has 0 atom stereocenters. The molecule has 2 N–H and O–H groups in total. The fourth-order valence-electron chi connectivity index (χ4n) is 2.32. The van der Waals surface area contributed by atoms with E-state index in [1.165, 1.54) is 0 Å². The maximum absolute atomic E-state index is 12.8. The fraction of sp³-hybridized carbons (Fsp3) is 0.562. The molecule has 0 fully saturated rings. The van der Waals surface area contributed by atoms with Crippen LogP contribution >= 0.6 is 0 Å². The molecule has 116 valence electrons. The molecule has 5 nitrogen and oxygen atoms in total. The molecule has 1 aliphatic rings. The SMILES string of the molecule is CCN(CC(C)(C)CN)C(=O)c1cccc2c1OCCO2. The molecule has 0 radical (unpaired) electrons. The minimum atomic E-state index is -0.113. The van der Waals surface area contributed by atoms with Crippen LogP contribution in [-0.2, 0) is 0 Å². The Morgan fingerprint density at radius 1 is 1.33 bits per heavy atom. The Balaban J connectivity index is 2.26. The molecule has 1 aromatic carbocycles. The summed E-state index contributed by atoms with van der Waals surface area (Å²) in [5.41, 5.74) is 6.22. The van der Waals surface area contributed by atoms with E-state index in [-0.39, 0.29) is 11.3 Å². The van der Waals surface area contributed by atoms with Crippen LogP contribution in [0.1, 0.15) is 31.1 Å². The number of carbonyl (C=O) groups is 1. The van der Waals surface area contributed by atoms with E-state index in [1.54, 1.807) is 11.0 Å². The number of hydrogen-bond acceptors (Lipinski definition) is 4. The van der Waals surface area contributed by atoms with E-state index in [9.17, 15) is 4.79 Å². The van der Waals surface area contributed by atoms with E-state index in [1.807, 2.05) is 19.1 Å². The average Bonchev–Trinajstić information content (AvgIpc) is 2.51. The lowest BCUT2D eigenvalue weighted by atomic mass is 9.92. The molecule has 0 aromatic heterocycles. The number of para-hydroxylation sites is 1. The molecule has 1 aliphatic heterocycles. The third kappa shape index (κ3) is 3.47. The lowest BCUT2D eigenvalue weighted by Crippen LogP contribution is -2.42. The van der Waals surface area contributed by atoms with E-state index < -0.39 is 0 Å². The maximum Gasteiger partial charge on any atom is 0.257 e. The number of amides is 1. The van der Waals surface area contributed by atoms with Crippen molar-refractivity contribution in [3.63, 3.8) is 0 Å². The second-order valence-corrected chi connectivity index (χ2v) is 6.02. The Kier molecular flexibility index (Phi) is 4.73. The highest BCUT2D eigenvalue weighted by Crippen LogP contribution is 2.34. The first-order chi connectivity index (χ1) is 9.98. The van der Waals surface area contributed by atoms with Crippen molar-refractivity contribution in [3.05, 3.63) is 23.8 Å². The third-order valence-electron chi connectivity index (χ3n) is 3.64. The Labute approximate surface area is 126 Å². The molecule has 1 aromatic rings. The van der Waals surface area contributed by atoms with Crippen molar-refractivity contribution in [2.24, 2.45) is 11.1 Å². The summed E-state index contributed by atoms with van der Waals surface area (Å²) in [6.45, 7) is 8.85. The van der Waals surface area contributed by atoms with Gasteiger partial charge in [-0.2, -0.15) is 0 Å². The van der Waals surface area contributed by atoms with Gasteiger partial charge in [0.05, 0.1) is 5.56 Å². The van der Waals surface area contributed by atoms with Crippen LogP contribution in [0.3, 0.4) is 0 Å². The van der Waals surface area contributed by atoms with Gasteiger partial charge in [0.1, 0.15) is 13.2 Å². The Morgan fingerprint density at radius 3 is 2.71 bits per heavy atom. The molecule has 1 amide bonds. The number of fused-ring (bicyclic) bond motifs is 1. The minimum absolute atomic E-state index is 0.0404. The summed E-state index contributed by atoms with van der Waals surface area (Å²) in [6, 6.07) is 5.43. The zero-order valence-electron chi connectivity index (χ0n) is 13.0. The van der Waals surface area contributed by atoms with Gasteiger partial charge in [-0.1, -0.05) is 19.9 Å². The van der Waals surface area contributed by atoms with Crippen molar-refractivity contribution in [1.29, 1.82) is 0 Å². The number of ether oxygens (including phenoxy) is 2. The Bertz CT molecular complexity index is 514. The number of hydrogen-bond donors (Lipinski definition) is 1. The first-order valence-corrected chi connectivity index (χ1v) is 7.36. The van der Waals surface area contributed by atoms with E-state index >= 15 is 0 Å². The Hall–Kier alpha value is -1.75. The summed E-state index contributed by atoms with van der Waals surface area (Å²) in [6.07, 6.45) is 0. The fourth-order valence-corrected chi connectivity index (χ4v) is 2.32. The van der Waals surface area contributed by atoms with Gasteiger partial charge in [-0.05, 0) is 31.0 Å². The van der Waals surface area contributed by atoms with Crippen LogP contribution in [0.25, 0.3) is 0 Å². The molecule has 5 heteroatoms. The van der Waals surface area contributed by atoms with Gasteiger partial charge in [-0.15, -0.1) is 0 Å². The van der Waals surface area contributed by atoms with Gasteiger partial charge in [0.2, 0.25) is 0 Å². The van der Waals surface area contributed by atoms with Crippen molar-refractivity contribution in [1.82, 2.24) is 4.90 Å². The third-order valence-corrected chi connectivity index (χ3v) is 3.64. The quantitative estimate of drug-likeness (QED) is 0.900. The van der Waals surface area contributed by atoms with Crippen LogP contribution in [0.2, 0.25) is 0 Å². The van der Waals surface area contributed by atoms with Gasteiger partial charge in [0, 0.05) is 13.1 Å². The first kappa shape index (κ1) is 15.6. The second kappa shape index (κ2) is 6.35. The summed E-state index contributed by atoms with van der Waals surface area (Å²) in [5, 5.41) is 0. The number of benzene rings is 1. The smallest absolute Gasteiger partial charge is 0.257 e. The predicted octanol–water partition coefficient (Wildman–Crippen LogP) is 1.90. The lowest BCUT2D eigenvalue weighted by Gasteiger charge is -2.32. The van der Waals surface area contributed by atoms with Gasteiger partial charge >= 0.3 is 0 Å². The zero-order chi connectivity index (χ0) is 15.5. The predicted molar refractivity (Wildman–Crippen MR) is 81.8 cm³/mol. The van der Waals surface area contributed by atoms with Crippen LogP contribution in [0.5, 0.6) is 11.5 Å². The van der Waals surface area contributed by atoms with Crippen molar-refractivity contribution in [3.8, 4) is 11.5 Å². The van der Waals surface area contributed by atoms with Crippen molar-refractivity contribution in [2.75, 3.05) is 32.8 Å². The van der Waals surface area contributed by atoms with Crippen LogP contribution in [-0.4, -0.2) is 43.7 Å². The van der Waals surface area contributed by atoms with E-state index in [0.29, 0.717) is 49.9 Å². The monoisotopic (exact) mass is 292 g/mol. The molecule has 0 saturated heterocycles. The standard InChI is InChI=1S/C16H24N2O3/c1-4-18(11-16(2,3)10-17)15(19)12-6-5-7-13-14(12)21-9-8-20-13/h5-7H,4,8-11,17H2,1-3H3. The molecule has 0 aliphatic carbocycles. The average molecular weight is 292 g/mol. The van der Waals surface area contributed by atoms with Crippen LogP contribution < -0.4 is 15.2 Å². The van der Waals surface area contributed by atoms with Crippen molar-refractivity contribution >= 4 is 5.91 Å². The van der Waals surface area contributed by atoms with Crippen LogP contribution in [0, 0.1) is 5.41 Å². The minimum Gasteiger partial charge on any atom is -0.486 e. The topological polar surface area (TPSA) is 64.8 Å². The summed E-state index contributed by atoms with van der Waals surface area (Å²) in [7, 11) is 0. The number of nitrogens with two attached hydrogens (primary N) is 1. The van der Waals surface area contributed by atoms with Gasteiger partial charge in [0.15, 0.2) is 11.5 Å². The molecular weight excluding hydrogens is 268 g/mol. The van der Waals surface area contributed by atoms with E-state index in [2.05, 4.69) is 13.8 Å². The number of nitrogens with zero attached hydrogens (tertiary/aromatic N) is 1. The van der Waals surface area contributed by atoms with Crippen LogP contribution in [0.4, 0.5) is 0 Å². The summed E-state index contributed by atoms with van der Waals surface area (Å²) >= 11 is 0. The Morgan fingerprint density at radius 2 is 2.05 bits per heavy atom. The first-order valence-electron chi connectivity index (χ1n) is 7.36. The van der Waals surface area contributed by atoms with Gasteiger partial charge in [-0.25, -0.2) is 0 Å². The molecule has 2 rings (SSSR count). The molecule has 21 heavy (non-hydrogen) atoms. The highest BCUT2D eigenvalue weighted by atomic mass is 16.6. The largest absolute Gasteiger partial charge is 0.486 e. The molecule has 0 spiro atoms. The van der Waals surface area contributed by atoms with Crippen molar-refractivity contribution in [2.45, 2.75) is 20.8 Å². The molecule has 0 saturated carbocycles. The van der Waals surface area contributed by atoms with Gasteiger partial charge < -0.3 is 20.1 Å². The molecule has 0 unspecified atom stereocenters. The maximum atomic E-state index is 12.8. The molecular formula is C16H24N2O3. The van der Waals surface area contributed by atoms with Crippen LogP contribution in [0.15, 0.2) is 18.2 Å². The van der Waals surface area contributed by atoms with Crippen molar-refractivity contribution < 1.29 is 14.3 Å². The number of rotatable bonds is 5. The highest BCUT2D eigenvalue weighted by molar-refractivity contribution is 5.97. The summed E-state index contributed by atoms with van der Waals surface area (Å²) in [4.78, 5) is 14.6. The normalized spacial score (nSPS) is 13.9. The van der Waals surface area contributed by atoms with E-state index in [0.717, 1.165) is 0 Å². The highest BCUT2D eigenvalue weighted by Gasteiger charge is 2.27. The summed E-state index contributed by atoms with van der Waals surface area (Å²) < 4.78 is 11.2. The second-order valence-electron chi connectivity index (χ2n) is 6.02. The van der Waals surface area contributed by atoms with E-state index in [4.69, 9.17) is 15.2 Å². The molecule has 0 bridgehead atoms.